The van der Waals surface area contributed by atoms with Crippen LogP contribution in [0.15, 0.2) is 0 Å². The average Bonchev–Trinajstić information content (AvgIpc) is 0. The van der Waals surface area contributed by atoms with Gasteiger partial charge in [0.2, 0.25) is 0 Å². The molecule has 0 rings (SSSR count). The van der Waals surface area contributed by atoms with E-state index in [1.165, 1.54) is 0 Å². The Balaban J connectivity index is 0. The molecule has 0 saturated carbocycles. The Morgan fingerprint density at radius 1 is 0.364 bits per heavy atom. The molecule has 0 aliphatic carbocycles. The van der Waals surface area contributed by atoms with Gasteiger partial charge in [0, 0.05) is 36.9 Å². The van der Waals surface area contributed by atoms with Crippen molar-refractivity contribution in [3.63, 3.8) is 0 Å². The van der Waals surface area contributed by atoms with E-state index in [0.717, 1.165) is 0 Å². The maximum Gasteiger partial charge on any atom is 3.00 e. The van der Waals surface area contributed by atoms with Crippen LogP contribution in [0.4, 0.5) is 0 Å². The van der Waals surface area contributed by atoms with E-state index in [1.54, 1.807) is 0 Å². The molecule has 0 aliphatic rings. The van der Waals surface area contributed by atoms with Gasteiger partial charge in [-0.15, -0.1) is 0 Å². The minimum Gasteiger partial charge on any atom is -1.00 e. The molecule has 11 heavy (non-hydrogen) atoms. The Bertz CT molecular complexity index is 17.8. The molecule has 18 radical (unpaired) electrons. The van der Waals surface area contributed by atoms with Gasteiger partial charge in [-0.2, -0.15) is 0 Å². The van der Waals surface area contributed by atoms with Crippen molar-refractivity contribution < 1.29 is 54.0 Å². The first-order valence-corrected chi connectivity index (χ1v) is 0. The van der Waals surface area contributed by atoms with E-state index in [4.69, 9.17) is 0 Å². The van der Waals surface area contributed by atoms with Gasteiger partial charge < -0.3 is 37.2 Å². The van der Waals surface area contributed by atoms with Crippen LogP contribution in [0.1, 0.15) is 7.43 Å². The monoisotopic (exact) mass is 264 g/mol. The van der Waals surface area contributed by atoms with Gasteiger partial charge in [-0.3, -0.25) is 0 Å². The molecule has 0 aromatic heterocycles. The largest absolute Gasteiger partial charge is 3.00 e. The SMILES string of the molecule is C.[Cl-].[Cl-].[Cl-].[Co+3].[N].[N].[N].[N].[N].[N]. The quantitative estimate of drug-likeness (QED) is 0.403. The van der Waals surface area contributed by atoms with E-state index in [-0.39, 0.29) is 98.3 Å². The molecule has 0 saturated heterocycles. The third kappa shape index (κ3) is 720. The topological polar surface area (TPSA) is 183 Å². The third-order valence-corrected chi connectivity index (χ3v) is 0. The van der Waals surface area contributed by atoms with Crippen molar-refractivity contribution in [3.05, 3.63) is 0 Å². The number of nitrogens with zero attached hydrogens (tertiary/aromatic N) is 6. The van der Waals surface area contributed by atoms with Gasteiger partial charge in [-0.05, 0) is 0 Å². The minimum absolute atomic E-state index is 0. The van der Waals surface area contributed by atoms with Crippen LogP contribution in [-0.2, 0) is 16.8 Å². The fourth-order valence-corrected chi connectivity index (χ4v) is 0. The molecule has 0 atom stereocenters. The Hall–Kier alpha value is 1.14. The molecule has 0 aromatic carbocycles. The van der Waals surface area contributed by atoms with E-state index in [2.05, 4.69) is 0 Å². The zero-order valence-electron chi connectivity index (χ0n) is 4.15. The molecular weight excluding hydrogens is 261 g/mol. The number of hydrogen-bond acceptors (Lipinski definition) is 0. The van der Waals surface area contributed by atoms with Crippen LogP contribution in [0.25, 0.3) is 0 Å². The second-order valence-corrected chi connectivity index (χ2v) is 0. The van der Waals surface area contributed by atoms with Gasteiger partial charge in [0.25, 0.3) is 0 Å². The molecular formula is CH4Cl3CoN6. The molecule has 0 amide bonds. The summed E-state index contributed by atoms with van der Waals surface area (Å²) in [4.78, 5) is 0. The van der Waals surface area contributed by atoms with E-state index in [1.807, 2.05) is 0 Å². The summed E-state index contributed by atoms with van der Waals surface area (Å²) >= 11 is 0. The Labute approximate surface area is 98.3 Å². The summed E-state index contributed by atoms with van der Waals surface area (Å²) in [6, 6.07) is 0. The molecule has 10 heteroatoms. The van der Waals surface area contributed by atoms with Crippen molar-refractivity contribution in [2.24, 2.45) is 0 Å². The third-order valence-electron chi connectivity index (χ3n) is 0. The van der Waals surface area contributed by atoms with Crippen molar-refractivity contribution in [3.8, 4) is 0 Å². The van der Waals surface area contributed by atoms with E-state index < -0.39 is 0 Å². The van der Waals surface area contributed by atoms with Crippen molar-refractivity contribution in [1.82, 2.24) is 36.9 Å². The molecule has 0 unspecified atom stereocenters. The standard InChI is InChI=1S/CH4.3ClH.Co.6N/h1H4;3*1H;;;;;;;/q;;;;+3;;;;;;/p-3. The molecule has 0 fully saturated rings. The summed E-state index contributed by atoms with van der Waals surface area (Å²) in [6.45, 7) is 0. The van der Waals surface area contributed by atoms with Gasteiger partial charge in [0.15, 0.2) is 0 Å². The minimum atomic E-state index is 0. The van der Waals surface area contributed by atoms with E-state index in [0.29, 0.717) is 0 Å². The van der Waals surface area contributed by atoms with Crippen LogP contribution < -0.4 is 74.1 Å². The molecule has 0 aliphatic heterocycles. The van der Waals surface area contributed by atoms with Gasteiger partial charge in [0.1, 0.15) is 0 Å². The van der Waals surface area contributed by atoms with Gasteiger partial charge in [-0.25, -0.2) is 0 Å². The number of hydrogen-bond donors (Lipinski definition) is 0. The van der Waals surface area contributed by atoms with Gasteiger partial charge in [0.05, 0.1) is 0 Å². The summed E-state index contributed by atoms with van der Waals surface area (Å²) < 4.78 is 0. The van der Waals surface area contributed by atoms with Crippen LogP contribution in [0.2, 0.25) is 0 Å². The summed E-state index contributed by atoms with van der Waals surface area (Å²) in [5.74, 6) is 0. The molecule has 0 aromatic rings. The normalized spacial score (nSPS) is 0. The predicted octanol–water partition coefficient (Wildman–Crippen LogP) is -11.2. The van der Waals surface area contributed by atoms with Crippen molar-refractivity contribution in [2.45, 2.75) is 7.43 Å². The van der Waals surface area contributed by atoms with Crippen LogP contribution in [0.5, 0.6) is 0 Å². The van der Waals surface area contributed by atoms with Crippen LogP contribution in [0.3, 0.4) is 0 Å². The molecule has 0 spiro atoms. The zero-order valence-corrected chi connectivity index (χ0v) is 7.46. The molecule has 68 valence electrons. The first-order chi connectivity index (χ1) is 0. The smallest absolute Gasteiger partial charge is 1.00 e. The fourth-order valence-electron chi connectivity index (χ4n) is 0. The van der Waals surface area contributed by atoms with Gasteiger partial charge >= 0.3 is 16.8 Å². The Kier molecular flexibility index (Phi) is 93900. The first kappa shape index (κ1) is 1170. The molecule has 0 bridgehead atoms. The molecule has 0 N–H and O–H groups in total. The average molecular weight is 265 g/mol. The zero-order chi connectivity index (χ0) is 0. The maximum atomic E-state index is 0. The van der Waals surface area contributed by atoms with Gasteiger partial charge in [-0.1, -0.05) is 7.43 Å². The van der Waals surface area contributed by atoms with Crippen LogP contribution in [0, 0.1) is 0 Å². The second-order valence-electron chi connectivity index (χ2n) is 0. The summed E-state index contributed by atoms with van der Waals surface area (Å²) in [5, 5.41) is 0. The van der Waals surface area contributed by atoms with E-state index in [9.17, 15) is 0 Å². The van der Waals surface area contributed by atoms with Crippen molar-refractivity contribution >= 4 is 0 Å². The number of halogens is 3. The van der Waals surface area contributed by atoms with E-state index >= 15 is 0 Å². The summed E-state index contributed by atoms with van der Waals surface area (Å²) in [5.41, 5.74) is 0. The number of rotatable bonds is 0. The maximum absolute atomic E-state index is 0. The Morgan fingerprint density at radius 3 is 0.364 bits per heavy atom. The summed E-state index contributed by atoms with van der Waals surface area (Å²) in [6.07, 6.45) is 0. The Morgan fingerprint density at radius 2 is 0.364 bits per heavy atom. The first-order valence-electron chi connectivity index (χ1n) is 0. The van der Waals surface area contributed by atoms with Crippen LogP contribution >= 0.6 is 0 Å². The van der Waals surface area contributed by atoms with Crippen molar-refractivity contribution in [2.75, 3.05) is 0 Å². The van der Waals surface area contributed by atoms with Crippen LogP contribution in [-0.4, -0.2) is 0 Å². The summed E-state index contributed by atoms with van der Waals surface area (Å²) in [7, 11) is 0. The fraction of sp³-hybridized carbons (Fsp3) is 1.00. The second kappa shape index (κ2) is 886. The molecule has 6 nitrogen and oxygen atoms in total. The predicted molar refractivity (Wildman–Crippen MR) is 19.5 cm³/mol. The van der Waals surface area contributed by atoms with Crippen molar-refractivity contribution in [1.29, 1.82) is 0 Å². The molecule has 0 heterocycles.